The van der Waals surface area contributed by atoms with E-state index >= 15 is 0 Å². The van der Waals surface area contributed by atoms with Crippen LogP contribution >= 0.6 is 11.3 Å². The number of benzene rings is 1. The first kappa shape index (κ1) is 12.7. The molecule has 1 atom stereocenters. The summed E-state index contributed by atoms with van der Waals surface area (Å²) in [5.41, 5.74) is 8.73. The number of rotatable bonds is 3. The van der Waals surface area contributed by atoms with Gasteiger partial charge in [-0.15, -0.1) is 11.3 Å². The van der Waals surface area contributed by atoms with E-state index in [1.165, 1.54) is 11.3 Å². The molecule has 0 radical (unpaired) electrons. The van der Waals surface area contributed by atoms with Crippen molar-refractivity contribution in [1.29, 1.82) is 0 Å². The zero-order chi connectivity index (χ0) is 13.1. The van der Waals surface area contributed by atoms with Crippen LogP contribution in [0.2, 0.25) is 0 Å². The van der Waals surface area contributed by atoms with E-state index in [9.17, 15) is 4.79 Å². The Morgan fingerprint density at radius 3 is 2.56 bits per heavy atom. The van der Waals surface area contributed by atoms with Gasteiger partial charge < -0.3 is 11.1 Å². The van der Waals surface area contributed by atoms with Crippen LogP contribution in [0.15, 0.2) is 29.6 Å². The summed E-state index contributed by atoms with van der Waals surface area (Å²) in [6, 6.07) is 6.94. The van der Waals surface area contributed by atoms with Crippen molar-refractivity contribution in [2.75, 3.05) is 5.32 Å². The summed E-state index contributed by atoms with van der Waals surface area (Å²) in [4.78, 5) is 16.1. The van der Waals surface area contributed by atoms with Gasteiger partial charge in [-0.25, -0.2) is 4.98 Å². The molecule has 5 heteroatoms. The lowest BCUT2D eigenvalue weighted by molar-refractivity contribution is -0.117. The summed E-state index contributed by atoms with van der Waals surface area (Å²) in [5.74, 6) is -0.242. The molecule has 0 saturated heterocycles. The van der Waals surface area contributed by atoms with Crippen LogP contribution < -0.4 is 11.1 Å². The molecule has 94 valence electrons. The summed E-state index contributed by atoms with van der Waals surface area (Å²) >= 11 is 1.39. The molecule has 2 rings (SSSR count). The molecule has 0 aliphatic carbocycles. The van der Waals surface area contributed by atoms with Crippen LogP contribution in [0.5, 0.6) is 0 Å². The van der Waals surface area contributed by atoms with Crippen LogP contribution in [-0.4, -0.2) is 10.9 Å². The molecule has 0 fully saturated rings. The second-order valence-corrected chi connectivity index (χ2v) is 5.03. The lowest BCUT2D eigenvalue weighted by Crippen LogP contribution is -2.27. The van der Waals surface area contributed by atoms with Gasteiger partial charge in [0.25, 0.3) is 0 Å². The summed E-state index contributed by atoms with van der Waals surface area (Å²) in [6.07, 6.45) is 0. The number of carbonyl (C=O) groups is 1. The fraction of sp³-hybridized carbons (Fsp3) is 0.231. The Bertz CT molecular complexity index is 548. The Hall–Kier alpha value is -1.72. The van der Waals surface area contributed by atoms with E-state index in [1.54, 1.807) is 0 Å². The molecule has 1 unspecified atom stereocenters. The minimum Gasteiger partial charge on any atom is -0.316 e. The maximum Gasteiger partial charge on any atom is 0.247 e. The van der Waals surface area contributed by atoms with Gasteiger partial charge in [0.15, 0.2) is 5.13 Å². The normalized spacial score (nSPS) is 12.2. The van der Waals surface area contributed by atoms with Gasteiger partial charge in [-0.2, -0.15) is 0 Å². The second kappa shape index (κ2) is 5.29. The molecule has 0 aliphatic heterocycles. The van der Waals surface area contributed by atoms with E-state index in [-0.39, 0.29) is 5.91 Å². The second-order valence-electron chi connectivity index (χ2n) is 4.17. The smallest absolute Gasteiger partial charge is 0.247 e. The number of nitrogens with two attached hydrogens (primary N) is 1. The van der Waals surface area contributed by atoms with Gasteiger partial charge in [-0.3, -0.25) is 4.79 Å². The Morgan fingerprint density at radius 1 is 1.33 bits per heavy atom. The number of hydrogen-bond acceptors (Lipinski definition) is 4. The maximum atomic E-state index is 11.9. The quantitative estimate of drug-likeness (QED) is 0.891. The number of hydrogen-bond donors (Lipinski definition) is 2. The first-order valence-corrected chi connectivity index (χ1v) is 6.49. The molecule has 1 aromatic carbocycles. The van der Waals surface area contributed by atoms with Crippen molar-refractivity contribution in [2.45, 2.75) is 19.9 Å². The van der Waals surface area contributed by atoms with E-state index in [1.807, 2.05) is 43.5 Å². The SMILES string of the molecule is Cc1ccc(C(N)C(=O)Nc2nc(C)cs2)cc1. The summed E-state index contributed by atoms with van der Waals surface area (Å²) in [5, 5.41) is 5.18. The van der Waals surface area contributed by atoms with Crippen molar-refractivity contribution in [3.63, 3.8) is 0 Å². The van der Waals surface area contributed by atoms with Crippen molar-refractivity contribution in [1.82, 2.24) is 4.98 Å². The molecule has 0 saturated carbocycles. The highest BCUT2D eigenvalue weighted by molar-refractivity contribution is 7.13. The van der Waals surface area contributed by atoms with Crippen molar-refractivity contribution in [3.8, 4) is 0 Å². The van der Waals surface area contributed by atoms with Gasteiger partial charge in [0, 0.05) is 5.38 Å². The minimum atomic E-state index is -0.671. The monoisotopic (exact) mass is 261 g/mol. The molecular formula is C13H15N3OS. The maximum absolute atomic E-state index is 11.9. The molecule has 18 heavy (non-hydrogen) atoms. The zero-order valence-electron chi connectivity index (χ0n) is 10.3. The van der Waals surface area contributed by atoms with Gasteiger partial charge in [-0.1, -0.05) is 29.8 Å². The van der Waals surface area contributed by atoms with Gasteiger partial charge in [-0.05, 0) is 19.4 Å². The number of anilines is 1. The predicted octanol–water partition coefficient (Wildman–Crippen LogP) is 2.40. The van der Waals surface area contributed by atoms with Crippen LogP contribution in [0, 0.1) is 13.8 Å². The van der Waals surface area contributed by atoms with Crippen LogP contribution in [0.3, 0.4) is 0 Å². The Morgan fingerprint density at radius 2 is 2.00 bits per heavy atom. The Balaban J connectivity index is 2.07. The van der Waals surface area contributed by atoms with Crippen molar-refractivity contribution in [3.05, 3.63) is 46.5 Å². The fourth-order valence-corrected chi connectivity index (χ4v) is 2.21. The topological polar surface area (TPSA) is 68.0 Å². The molecular weight excluding hydrogens is 246 g/mol. The third-order valence-electron chi connectivity index (χ3n) is 2.57. The molecule has 1 aromatic heterocycles. The first-order chi connectivity index (χ1) is 8.56. The molecule has 2 aromatic rings. The molecule has 0 bridgehead atoms. The van der Waals surface area contributed by atoms with E-state index in [0.717, 1.165) is 16.8 Å². The van der Waals surface area contributed by atoms with Crippen molar-refractivity contribution in [2.24, 2.45) is 5.73 Å². The molecule has 0 spiro atoms. The van der Waals surface area contributed by atoms with E-state index < -0.39 is 6.04 Å². The van der Waals surface area contributed by atoms with Crippen LogP contribution in [0.1, 0.15) is 22.9 Å². The third kappa shape index (κ3) is 2.94. The summed E-state index contributed by atoms with van der Waals surface area (Å²) in [6.45, 7) is 3.87. The molecule has 0 aliphatic rings. The van der Waals surface area contributed by atoms with Crippen molar-refractivity contribution < 1.29 is 4.79 Å². The predicted molar refractivity (Wildman–Crippen MR) is 73.6 cm³/mol. The number of amides is 1. The van der Waals surface area contributed by atoms with Crippen LogP contribution in [0.25, 0.3) is 0 Å². The highest BCUT2D eigenvalue weighted by Gasteiger charge is 2.16. The number of nitrogens with zero attached hydrogens (tertiary/aromatic N) is 1. The highest BCUT2D eigenvalue weighted by Crippen LogP contribution is 2.17. The molecule has 1 heterocycles. The molecule has 4 nitrogen and oxygen atoms in total. The third-order valence-corrected chi connectivity index (χ3v) is 3.44. The fourth-order valence-electron chi connectivity index (χ4n) is 1.52. The molecule has 3 N–H and O–H groups in total. The number of aromatic nitrogens is 1. The molecule has 1 amide bonds. The van der Waals surface area contributed by atoms with E-state index in [4.69, 9.17) is 5.73 Å². The van der Waals surface area contributed by atoms with Gasteiger partial charge >= 0.3 is 0 Å². The van der Waals surface area contributed by atoms with Gasteiger partial charge in [0.05, 0.1) is 5.69 Å². The summed E-state index contributed by atoms with van der Waals surface area (Å²) < 4.78 is 0. The summed E-state index contributed by atoms with van der Waals surface area (Å²) in [7, 11) is 0. The highest BCUT2D eigenvalue weighted by atomic mass is 32.1. The first-order valence-electron chi connectivity index (χ1n) is 5.61. The Kier molecular flexibility index (Phi) is 3.74. The average molecular weight is 261 g/mol. The number of thiazole rings is 1. The van der Waals surface area contributed by atoms with Crippen LogP contribution in [0.4, 0.5) is 5.13 Å². The van der Waals surface area contributed by atoms with Crippen molar-refractivity contribution >= 4 is 22.4 Å². The lowest BCUT2D eigenvalue weighted by atomic mass is 10.1. The number of aryl methyl sites for hydroxylation is 2. The number of carbonyl (C=O) groups excluding carboxylic acids is 1. The lowest BCUT2D eigenvalue weighted by Gasteiger charge is -2.11. The minimum absolute atomic E-state index is 0.242. The van der Waals surface area contributed by atoms with Gasteiger partial charge in [0.2, 0.25) is 5.91 Å². The van der Waals surface area contributed by atoms with Gasteiger partial charge in [0.1, 0.15) is 6.04 Å². The van der Waals surface area contributed by atoms with Crippen LogP contribution in [-0.2, 0) is 4.79 Å². The van der Waals surface area contributed by atoms with E-state index in [2.05, 4.69) is 10.3 Å². The standard InChI is InChI=1S/C13H15N3OS/c1-8-3-5-10(6-4-8)11(14)12(17)16-13-15-9(2)7-18-13/h3-7,11H,14H2,1-2H3,(H,15,16,17). The average Bonchev–Trinajstić information content (AvgIpc) is 2.75. The Labute approximate surface area is 110 Å². The largest absolute Gasteiger partial charge is 0.316 e. The zero-order valence-corrected chi connectivity index (χ0v) is 11.1. The number of nitrogens with one attached hydrogen (secondary N) is 1. The van der Waals surface area contributed by atoms with E-state index in [0.29, 0.717) is 5.13 Å².